The van der Waals surface area contributed by atoms with E-state index in [9.17, 15) is 18.0 Å². The number of hydrogen-bond donors (Lipinski definition) is 1. The van der Waals surface area contributed by atoms with Crippen LogP contribution in [0.5, 0.6) is 0 Å². The highest BCUT2D eigenvalue weighted by atomic mass is 32.2. The molecule has 0 radical (unpaired) electrons. The van der Waals surface area contributed by atoms with E-state index >= 15 is 0 Å². The quantitative estimate of drug-likeness (QED) is 0.222. The molecule has 0 saturated carbocycles. The van der Waals surface area contributed by atoms with E-state index in [-0.39, 0.29) is 23.3 Å². The third kappa shape index (κ3) is 8.44. The fourth-order valence-corrected chi connectivity index (χ4v) is 6.24. The second-order valence-corrected chi connectivity index (χ2v) is 13.0. The number of benzene rings is 3. The minimum atomic E-state index is -4.10. The Kier molecular flexibility index (Phi) is 11.7. The molecule has 3 aromatic rings. The van der Waals surface area contributed by atoms with Crippen molar-refractivity contribution in [1.82, 2.24) is 10.2 Å². The van der Waals surface area contributed by atoms with Crippen molar-refractivity contribution < 1.29 is 18.0 Å². The van der Waals surface area contributed by atoms with E-state index < -0.39 is 28.5 Å². The summed E-state index contributed by atoms with van der Waals surface area (Å²) < 4.78 is 29.3. The topological polar surface area (TPSA) is 86.8 Å². The van der Waals surface area contributed by atoms with E-state index in [4.69, 9.17) is 0 Å². The lowest BCUT2D eigenvalue weighted by molar-refractivity contribution is -0.140. The monoisotopic (exact) mass is 591 g/mol. The number of unbranched alkanes of at least 4 members (excludes halogenated alkanes) is 1. The van der Waals surface area contributed by atoms with Crippen LogP contribution in [0.3, 0.4) is 0 Å². The maximum Gasteiger partial charge on any atom is 0.264 e. The lowest BCUT2D eigenvalue weighted by atomic mass is 10.0. The summed E-state index contributed by atoms with van der Waals surface area (Å²) in [5.41, 5.74) is 4.30. The number of nitrogens with zero attached hydrogens (tertiary/aromatic N) is 2. The van der Waals surface area contributed by atoms with Crippen molar-refractivity contribution in [2.75, 3.05) is 17.4 Å². The molecular formula is C34H45N3O4S. The molecule has 0 bridgehead atoms. The molecule has 0 unspecified atom stereocenters. The van der Waals surface area contributed by atoms with Gasteiger partial charge >= 0.3 is 0 Å². The molecule has 226 valence electrons. The Morgan fingerprint density at radius 3 is 2.12 bits per heavy atom. The highest BCUT2D eigenvalue weighted by Gasteiger charge is 2.33. The first-order chi connectivity index (χ1) is 20.0. The van der Waals surface area contributed by atoms with Crippen LogP contribution < -0.4 is 9.62 Å². The van der Waals surface area contributed by atoms with E-state index in [1.54, 1.807) is 36.4 Å². The Bertz CT molecular complexity index is 1430. The lowest BCUT2D eigenvalue weighted by Crippen LogP contribution is -2.52. The molecule has 0 spiro atoms. The summed E-state index contributed by atoms with van der Waals surface area (Å²) >= 11 is 0. The molecular weight excluding hydrogens is 546 g/mol. The average Bonchev–Trinajstić information content (AvgIpc) is 2.96. The molecule has 7 nitrogen and oxygen atoms in total. The summed E-state index contributed by atoms with van der Waals surface area (Å²) in [6.07, 6.45) is 2.16. The van der Waals surface area contributed by atoms with Crippen molar-refractivity contribution in [3.63, 3.8) is 0 Å². The molecule has 0 aliphatic carbocycles. The molecule has 0 aromatic heterocycles. The Balaban J connectivity index is 2.05. The van der Waals surface area contributed by atoms with Crippen molar-refractivity contribution in [2.24, 2.45) is 0 Å². The number of amides is 2. The first-order valence-electron chi connectivity index (χ1n) is 14.8. The predicted molar refractivity (Wildman–Crippen MR) is 170 cm³/mol. The molecule has 1 N–H and O–H groups in total. The first kappa shape index (κ1) is 32.9. The van der Waals surface area contributed by atoms with Gasteiger partial charge < -0.3 is 10.2 Å². The van der Waals surface area contributed by atoms with E-state index in [1.807, 2.05) is 64.1 Å². The van der Waals surface area contributed by atoms with Crippen LogP contribution in [0, 0.1) is 13.8 Å². The number of sulfonamides is 1. The van der Waals surface area contributed by atoms with Crippen LogP contribution in [0.25, 0.3) is 0 Å². The molecule has 0 heterocycles. The van der Waals surface area contributed by atoms with E-state index in [2.05, 4.69) is 19.2 Å². The molecule has 2 amide bonds. The van der Waals surface area contributed by atoms with Gasteiger partial charge in [0.05, 0.1) is 10.6 Å². The summed E-state index contributed by atoms with van der Waals surface area (Å²) in [5, 5.41) is 2.97. The van der Waals surface area contributed by atoms with E-state index in [1.165, 1.54) is 4.90 Å². The van der Waals surface area contributed by atoms with Crippen LogP contribution in [0.1, 0.15) is 75.1 Å². The minimum Gasteiger partial charge on any atom is -0.354 e. The maximum absolute atomic E-state index is 14.2. The highest BCUT2D eigenvalue weighted by molar-refractivity contribution is 7.92. The average molecular weight is 592 g/mol. The van der Waals surface area contributed by atoms with Gasteiger partial charge in [-0.15, -0.1) is 0 Å². The zero-order valence-corrected chi connectivity index (χ0v) is 26.6. The summed E-state index contributed by atoms with van der Waals surface area (Å²) in [5.74, 6) is -0.414. The third-order valence-corrected chi connectivity index (χ3v) is 9.17. The Hall–Kier alpha value is -3.65. The van der Waals surface area contributed by atoms with Crippen LogP contribution in [0.4, 0.5) is 5.69 Å². The van der Waals surface area contributed by atoms with E-state index in [0.29, 0.717) is 18.7 Å². The van der Waals surface area contributed by atoms with Gasteiger partial charge in [-0.3, -0.25) is 13.9 Å². The lowest BCUT2D eigenvalue weighted by Gasteiger charge is -2.33. The van der Waals surface area contributed by atoms with Gasteiger partial charge in [0, 0.05) is 13.1 Å². The highest BCUT2D eigenvalue weighted by Crippen LogP contribution is 2.27. The van der Waals surface area contributed by atoms with Gasteiger partial charge in [0.1, 0.15) is 12.6 Å². The van der Waals surface area contributed by atoms with Gasteiger partial charge in [0.15, 0.2) is 0 Å². The molecule has 42 heavy (non-hydrogen) atoms. The second kappa shape index (κ2) is 15.0. The van der Waals surface area contributed by atoms with Gasteiger partial charge in [-0.1, -0.05) is 93.8 Å². The van der Waals surface area contributed by atoms with Crippen molar-refractivity contribution in [3.05, 3.63) is 95.1 Å². The van der Waals surface area contributed by atoms with Gasteiger partial charge in [-0.2, -0.15) is 0 Å². The fourth-order valence-electron chi connectivity index (χ4n) is 4.82. The van der Waals surface area contributed by atoms with Gasteiger partial charge in [-0.25, -0.2) is 8.42 Å². The zero-order valence-electron chi connectivity index (χ0n) is 25.8. The van der Waals surface area contributed by atoms with Gasteiger partial charge in [0.25, 0.3) is 10.0 Å². The Morgan fingerprint density at radius 1 is 0.881 bits per heavy atom. The molecule has 0 aliphatic rings. The number of hydrogen-bond acceptors (Lipinski definition) is 4. The second-order valence-electron chi connectivity index (χ2n) is 11.2. The maximum atomic E-state index is 14.2. The number of aryl methyl sites for hydroxylation is 2. The van der Waals surface area contributed by atoms with Crippen LogP contribution in [-0.2, 0) is 26.2 Å². The number of carbonyl (C=O) groups excluding carboxylic acids is 2. The molecule has 8 heteroatoms. The first-order valence-corrected chi connectivity index (χ1v) is 16.2. The molecule has 3 rings (SSSR count). The van der Waals surface area contributed by atoms with Gasteiger partial charge in [0.2, 0.25) is 11.8 Å². The van der Waals surface area contributed by atoms with E-state index in [0.717, 1.165) is 39.4 Å². The van der Waals surface area contributed by atoms with Crippen molar-refractivity contribution in [2.45, 2.75) is 84.2 Å². The van der Waals surface area contributed by atoms with Crippen molar-refractivity contribution in [1.29, 1.82) is 0 Å². The molecule has 0 saturated heterocycles. The van der Waals surface area contributed by atoms with Gasteiger partial charge in [-0.05, 0) is 68.0 Å². The minimum absolute atomic E-state index is 0.100. The Labute approximate surface area is 252 Å². The number of anilines is 1. The predicted octanol–water partition coefficient (Wildman–Crippen LogP) is 6.35. The summed E-state index contributed by atoms with van der Waals surface area (Å²) in [7, 11) is -4.10. The number of nitrogens with one attached hydrogen (secondary N) is 1. The normalized spacial score (nSPS) is 12.2. The number of rotatable bonds is 14. The third-order valence-electron chi connectivity index (χ3n) is 7.39. The molecule has 1 atom stereocenters. The largest absolute Gasteiger partial charge is 0.354 e. The van der Waals surface area contributed by atoms with Crippen LogP contribution in [-0.4, -0.2) is 44.3 Å². The summed E-state index contributed by atoms with van der Waals surface area (Å²) in [6, 6.07) is 20.9. The SMILES string of the molecule is CCCCNC(=O)[C@@H](CC)N(Cc1cccc(C)c1)C(=O)CN(c1ccc(C(C)C)cc1)S(=O)(=O)c1ccc(C)cc1. The molecule has 0 fully saturated rings. The van der Waals surface area contributed by atoms with Crippen LogP contribution in [0.2, 0.25) is 0 Å². The zero-order chi connectivity index (χ0) is 30.9. The van der Waals surface area contributed by atoms with Crippen molar-refractivity contribution in [3.8, 4) is 0 Å². The van der Waals surface area contributed by atoms with Crippen LogP contribution in [0.15, 0.2) is 77.7 Å². The fraction of sp³-hybridized carbons (Fsp3) is 0.412. The Morgan fingerprint density at radius 2 is 1.55 bits per heavy atom. The summed E-state index contributed by atoms with van der Waals surface area (Å²) in [6.45, 7) is 12.2. The van der Waals surface area contributed by atoms with Crippen molar-refractivity contribution >= 4 is 27.5 Å². The standard InChI is InChI=1S/C34H45N3O4S/c1-7-9-21-35-34(39)32(8-2)36(23-28-12-10-11-27(6)22-28)33(38)24-37(30-17-15-29(16-18-30)25(3)4)42(40,41)31-19-13-26(5)14-20-31/h10-20,22,25,32H,7-9,21,23-24H2,1-6H3,(H,35,39)/t32-/m1/s1. The van der Waals surface area contributed by atoms with Crippen LogP contribution >= 0.6 is 0 Å². The smallest absolute Gasteiger partial charge is 0.264 e. The number of carbonyl (C=O) groups is 2. The molecule has 0 aliphatic heterocycles. The summed E-state index contributed by atoms with van der Waals surface area (Å²) in [4.78, 5) is 29.1. The molecule has 3 aromatic carbocycles.